The number of hydrogen-bond donors (Lipinski definition) is 1. The van der Waals surface area contributed by atoms with Crippen molar-refractivity contribution < 1.29 is 0 Å². The predicted octanol–water partition coefficient (Wildman–Crippen LogP) is 1.39. The summed E-state index contributed by atoms with van der Waals surface area (Å²) in [6.07, 6.45) is 3.79. The lowest BCUT2D eigenvalue weighted by Crippen LogP contribution is -2.48. The summed E-state index contributed by atoms with van der Waals surface area (Å²) in [6, 6.07) is 1.07. The number of nitrogens with zero attached hydrogens (tertiary/aromatic N) is 2. The summed E-state index contributed by atoms with van der Waals surface area (Å²) >= 11 is 0. The van der Waals surface area contributed by atoms with Crippen molar-refractivity contribution in [2.45, 2.75) is 45.2 Å². The van der Waals surface area contributed by atoms with Crippen LogP contribution in [-0.4, -0.2) is 55.6 Å². The lowest BCUT2D eigenvalue weighted by Gasteiger charge is -2.37. The van der Waals surface area contributed by atoms with E-state index in [1.807, 2.05) is 0 Å². The smallest absolute Gasteiger partial charge is 0.0217 e. The van der Waals surface area contributed by atoms with Crippen molar-refractivity contribution >= 4 is 0 Å². The van der Waals surface area contributed by atoms with Gasteiger partial charge in [0.2, 0.25) is 0 Å². The Morgan fingerprint density at radius 3 is 2.62 bits per heavy atom. The van der Waals surface area contributed by atoms with Crippen LogP contribution in [0.2, 0.25) is 0 Å². The standard InChI is InChI=1S/C13H29N3/c1-11(2)8-12(14)9-16-7-5-6-13(10-16)15(3)4/h11-13H,5-10,14H2,1-4H3. The molecule has 1 saturated heterocycles. The molecule has 96 valence electrons. The number of piperidine rings is 1. The van der Waals surface area contributed by atoms with Gasteiger partial charge in [0.15, 0.2) is 0 Å². The molecule has 0 aromatic heterocycles. The Balaban J connectivity index is 2.31. The second kappa shape index (κ2) is 6.58. The summed E-state index contributed by atoms with van der Waals surface area (Å²) in [7, 11) is 4.37. The fourth-order valence-electron chi connectivity index (χ4n) is 2.63. The van der Waals surface area contributed by atoms with E-state index in [0.29, 0.717) is 12.0 Å². The summed E-state index contributed by atoms with van der Waals surface area (Å²) in [5.41, 5.74) is 6.17. The van der Waals surface area contributed by atoms with Gasteiger partial charge in [-0.2, -0.15) is 0 Å². The summed E-state index contributed by atoms with van der Waals surface area (Å²) in [4.78, 5) is 4.89. The molecule has 1 aliphatic heterocycles. The zero-order valence-corrected chi connectivity index (χ0v) is 11.4. The van der Waals surface area contributed by atoms with Crippen LogP contribution in [0.1, 0.15) is 33.1 Å². The van der Waals surface area contributed by atoms with E-state index in [-0.39, 0.29) is 0 Å². The van der Waals surface area contributed by atoms with Crippen LogP contribution in [0.15, 0.2) is 0 Å². The van der Waals surface area contributed by atoms with Crippen molar-refractivity contribution in [2.24, 2.45) is 11.7 Å². The van der Waals surface area contributed by atoms with Crippen LogP contribution in [0.4, 0.5) is 0 Å². The third-order valence-corrected chi connectivity index (χ3v) is 3.48. The second-order valence-corrected chi connectivity index (χ2v) is 5.91. The molecule has 16 heavy (non-hydrogen) atoms. The lowest BCUT2D eigenvalue weighted by atomic mass is 10.0. The van der Waals surface area contributed by atoms with Gasteiger partial charge in [0.1, 0.15) is 0 Å². The van der Waals surface area contributed by atoms with E-state index in [0.717, 1.165) is 19.0 Å². The van der Waals surface area contributed by atoms with Gasteiger partial charge < -0.3 is 15.5 Å². The van der Waals surface area contributed by atoms with Gasteiger partial charge in [-0.1, -0.05) is 13.8 Å². The van der Waals surface area contributed by atoms with Crippen molar-refractivity contribution in [1.29, 1.82) is 0 Å². The average molecular weight is 227 g/mol. The number of likely N-dealkylation sites (N-methyl/N-ethyl adjacent to an activating group) is 1. The highest BCUT2D eigenvalue weighted by Crippen LogP contribution is 2.14. The molecule has 3 nitrogen and oxygen atoms in total. The number of hydrogen-bond acceptors (Lipinski definition) is 3. The highest BCUT2D eigenvalue weighted by Gasteiger charge is 2.22. The van der Waals surface area contributed by atoms with E-state index in [9.17, 15) is 0 Å². The molecule has 1 fully saturated rings. The largest absolute Gasteiger partial charge is 0.327 e. The van der Waals surface area contributed by atoms with Gasteiger partial charge in [-0.3, -0.25) is 0 Å². The van der Waals surface area contributed by atoms with Crippen molar-refractivity contribution in [3.05, 3.63) is 0 Å². The molecule has 3 heteroatoms. The minimum atomic E-state index is 0.348. The van der Waals surface area contributed by atoms with Crippen LogP contribution in [0.25, 0.3) is 0 Å². The zero-order valence-electron chi connectivity index (χ0n) is 11.4. The van der Waals surface area contributed by atoms with Gasteiger partial charge in [-0.25, -0.2) is 0 Å². The molecular weight excluding hydrogens is 198 g/mol. The Kier molecular flexibility index (Phi) is 5.73. The lowest BCUT2D eigenvalue weighted by molar-refractivity contribution is 0.125. The van der Waals surface area contributed by atoms with Gasteiger partial charge in [-0.15, -0.1) is 0 Å². The first-order valence-corrected chi connectivity index (χ1v) is 6.63. The Bertz CT molecular complexity index is 192. The predicted molar refractivity (Wildman–Crippen MR) is 70.6 cm³/mol. The molecule has 0 radical (unpaired) electrons. The Morgan fingerprint density at radius 2 is 2.06 bits per heavy atom. The van der Waals surface area contributed by atoms with E-state index in [2.05, 4.69) is 37.7 Å². The minimum Gasteiger partial charge on any atom is -0.327 e. The maximum absolute atomic E-state index is 6.17. The molecule has 1 aliphatic rings. The molecule has 0 spiro atoms. The number of nitrogens with two attached hydrogens (primary N) is 1. The Labute approximate surface area is 101 Å². The van der Waals surface area contributed by atoms with Gasteiger partial charge >= 0.3 is 0 Å². The minimum absolute atomic E-state index is 0.348. The summed E-state index contributed by atoms with van der Waals surface area (Å²) in [5.74, 6) is 0.712. The van der Waals surface area contributed by atoms with E-state index in [1.54, 1.807) is 0 Å². The quantitative estimate of drug-likeness (QED) is 0.770. The third kappa shape index (κ3) is 4.81. The van der Waals surface area contributed by atoms with Crippen LogP contribution >= 0.6 is 0 Å². The molecule has 1 rings (SSSR count). The molecule has 0 saturated carbocycles. The number of likely N-dealkylation sites (tertiary alicyclic amines) is 1. The topological polar surface area (TPSA) is 32.5 Å². The van der Waals surface area contributed by atoms with Crippen LogP contribution in [0.3, 0.4) is 0 Å². The fraction of sp³-hybridized carbons (Fsp3) is 1.00. The first-order chi connectivity index (χ1) is 7.49. The van der Waals surface area contributed by atoms with Gasteiger partial charge in [0.05, 0.1) is 0 Å². The second-order valence-electron chi connectivity index (χ2n) is 5.91. The Morgan fingerprint density at radius 1 is 1.38 bits per heavy atom. The van der Waals surface area contributed by atoms with Gasteiger partial charge in [0, 0.05) is 25.2 Å². The highest BCUT2D eigenvalue weighted by atomic mass is 15.2. The van der Waals surface area contributed by atoms with Crippen molar-refractivity contribution in [3.63, 3.8) is 0 Å². The van der Waals surface area contributed by atoms with Crippen LogP contribution in [0.5, 0.6) is 0 Å². The van der Waals surface area contributed by atoms with Crippen LogP contribution < -0.4 is 5.73 Å². The van der Waals surface area contributed by atoms with E-state index < -0.39 is 0 Å². The summed E-state index contributed by atoms with van der Waals surface area (Å²) < 4.78 is 0. The first-order valence-electron chi connectivity index (χ1n) is 6.63. The molecule has 2 N–H and O–H groups in total. The van der Waals surface area contributed by atoms with Crippen molar-refractivity contribution in [2.75, 3.05) is 33.7 Å². The average Bonchev–Trinajstić information content (AvgIpc) is 2.16. The van der Waals surface area contributed by atoms with Crippen LogP contribution in [-0.2, 0) is 0 Å². The summed E-state index contributed by atoms with van der Waals surface area (Å²) in [6.45, 7) is 7.99. The molecule has 0 aliphatic carbocycles. The molecule has 2 unspecified atom stereocenters. The van der Waals surface area contributed by atoms with E-state index in [4.69, 9.17) is 5.73 Å². The van der Waals surface area contributed by atoms with Crippen molar-refractivity contribution in [3.8, 4) is 0 Å². The SMILES string of the molecule is CC(C)CC(N)CN1CCCC(N(C)C)C1. The van der Waals surface area contributed by atoms with Gasteiger partial charge in [0.25, 0.3) is 0 Å². The molecule has 0 aromatic carbocycles. The maximum atomic E-state index is 6.17. The first kappa shape index (κ1) is 13.9. The molecule has 0 bridgehead atoms. The normalized spacial score (nSPS) is 25.3. The summed E-state index contributed by atoms with van der Waals surface area (Å²) in [5, 5.41) is 0. The zero-order chi connectivity index (χ0) is 12.1. The number of rotatable bonds is 5. The fourth-order valence-corrected chi connectivity index (χ4v) is 2.63. The Hall–Kier alpha value is -0.120. The van der Waals surface area contributed by atoms with E-state index in [1.165, 1.54) is 25.9 Å². The third-order valence-electron chi connectivity index (χ3n) is 3.48. The molecule has 0 aromatic rings. The van der Waals surface area contributed by atoms with Gasteiger partial charge in [-0.05, 0) is 45.8 Å². The molecule has 1 heterocycles. The molecular formula is C13H29N3. The van der Waals surface area contributed by atoms with E-state index >= 15 is 0 Å². The van der Waals surface area contributed by atoms with Crippen LogP contribution in [0, 0.1) is 5.92 Å². The maximum Gasteiger partial charge on any atom is 0.0217 e. The monoisotopic (exact) mass is 227 g/mol. The van der Waals surface area contributed by atoms with Crippen molar-refractivity contribution in [1.82, 2.24) is 9.80 Å². The molecule has 2 atom stereocenters. The highest BCUT2D eigenvalue weighted by molar-refractivity contribution is 4.80. The molecule has 0 amide bonds.